The average Bonchev–Trinajstić information content (AvgIpc) is 2.45. The highest BCUT2D eigenvalue weighted by atomic mass is 16.5. The molecule has 110 valence electrons. The zero-order valence-electron chi connectivity index (χ0n) is 12.3. The van der Waals surface area contributed by atoms with E-state index < -0.39 is 0 Å². The smallest absolute Gasteiger partial charge is 0.224 e. The average molecular weight is 284 g/mol. The van der Waals surface area contributed by atoms with Crippen LogP contribution in [0, 0.1) is 6.92 Å². The maximum absolute atomic E-state index is 11.9. The highest BCUT2D eigenvalue weighted by Gasteiger charge is 2.05. The maximum Gasteiger partial charge on any atom is 0.224 e. The first-order valence-electron chi connectivity index (χ1n) is 6.83. The molecule has 0 aliphatic carbocycles. The van der Waals surface area contributed by atoms with Crippen LogP contribution >= 0.6 is 0 Å². The fourth-order valence-corrected chi connectivity index (χ4v) is 2.16. The summed E-state index contributed by atoms with van der Waals surface area (Å²) in [6, 6.07) is 13.5. The molecule has 0 saturated heterocycles. The Morgan fingerprint density at radius 3 is 2.67 bits per heavy atom. The molecule has 0 unspecified atom stereocenters. The molecule has 0 aliphatic rings. The van der Waals surface area contributed by atoms with Gasteiger partial charge < -0.3 is 15.8 Å². The number of nitrogens with one attached hydrogen (secondary N) is 1. The van der Waals surface area contributed by atoms with Crippen molar-refractivity contribution in [1.29, 1.82) is 0 Å². The molecule has 1 amide bonds. The Hall–Kier alpha value is -2.49. The number of ether oxygens (including phenoxy) is 1. The molecular formula is C17H20N2O2. The van der Waals surface area contributed by atoms with Gasteiger partial charge in [0, 0.05) is 6.54 Å². The molecule has 0 atom stereocenters. The maximum atomic E-state index is 11.9. The molecule has 0 saturated carbocycles. The Labute approximate surface area is 124 Å². The molecule has 0 aliphatic heterocycles. The minimum atomic E-state index is -0.00464. The van der Waals surface area contributed by atoms with Crippen LogP contribution in [0.4, 0.5) is 5.69 Å². The second-order valence-corrected chi connectivity index (χ2v) is 5.02. The predicted octanol–water partition coefficient (Wildman–Crippen LogP) is 2.44. The molecule has 0 radical (unpaired) electrons. The van der Waals surface area contributed by atoms with E-state index in [0.29, 0.717) is 24.4 Å². The number of methoxy groups -OCH3 is 1. The number of hydrogen-bond donors (Lipinski definition) is 2. The molecule has 0 aromatic heterocycles. The second kappa shape index (κ2) is 6.79. The first kappa shape index (κ1) is 14.9. The summed E-state index contributed by atoms with van der Waals surface area (Å²) in [6.45, 7) is 2.47. The van der Waals surface area contributed by atoms with Crippen LogP contribution in [0.3, 0.4) is 0 Å². The van der Waals surface area contributed by atoms with Gasteiger partial charge in [0.2, 0.25) is 5.91 Å². The number of amides is 1. The molecule has 21 heavy (non-hydrogen) atoms. The van der Waals surface area contributed by atoms with Gasteiger partial charge in [-0.15, -0.1) is 0 Å². The molecule has 0 spiro atoms. The highest BCUT2D eigenvalue weighted by Crippen LogP contribution is 2.21. The van der Waals surface area contributed by atoms with E-state index in [4.69, 9.17) is 10.5 Å². The SMILES string of the molecule is COc1ccc(CNC(=O)Cc2cccc(C)c2)cc1N. The van der Waals surface area contributed by atoms with Crippen molar-refractivity contribution in [3.8, 4) is 5.75 Å². The van der Waals surface area contributed by atoms with E-state index in [1.165, 1.54) is 0 Å². The summed E-state index contributed by atoms with van der Waals surface area (Å²) in [7, 11) is 1.58. The summed E-state index contributed by atoms with van der Waals surface area (Å²) < 4.78 is 5.10. The number of nitrogen functional groups attached to an aromatic ring is 1. The molecule has 4 heteroatoms. The lowest BCUT2D eigenvalue weighted by Crippen LogP contribution is -2.24. The normalized spacial score (nSPS) is 10.2. The number of anilines is 1. The number of carbonyl (C=O) groups excluding carboxylic acids is 1. The Balaban J connectivity index is 1.90. The van der Waals surface area contributed by atoms with Gasteiger partial charge in [0.05, 0.1) is 19.2 Å². The van der Waals surface area contributed by atoms with Crippen molar-refractivity contribution in [2.24, 2.45) is 0 Å². The summed E-state index contributed by atoms with van der Waals surface area (Å²) in [6.07, 6.45) is 0.382. The van der Waals surface area contributed by atoms with E-state index in [2.05, 4.69) is 5.32 Å². The second-order valence-electron chi connectivity index (χ2n) is 5.02. The summed E-state index contributed by atoms with van der Waals surface area (Å²) in [5, 5.41) is 2.90. The molecule has 3 N–H and O–H groups in total. The lowest BCUT2D eigenvalue weighted by atomic mass is 10.1. The van der Waals surface area contributed by atoms with Crippen molar-refractivity contribution in [3.63, 3.8) is 0 Å². The Bertz CT molecular complexity index is 638. The summed E-state index contributed by atoms with van der Waals surface area (Å²) >= 11 is 0. The van der Waals surface area contributed by atoms with Crippen LogP contribution in [0.1, 0.15) is 16.7 Å². The van der Waals surface area contributed by atoms with Crippen molar-refractivity contribution in [1.82, 2.24) is 5.32 Å². The van der Waals surface area contributed by atoms with Gasteiger partial charge in [-0.3, -0.25) is 4.79 Å². The molecule has 4 nitrogen and oxygen atoms in total. The topological polar surface area (TPSA) is 64.3 Å². The van der Waals surface area contributed by atoms with Crippen LogP contribution in [0.2, 0.25) is 0 Å². The molecule has 2 aromatic carbocycles. The van der Waals surface area contributed by atoms with Gasteiger partial charge in [-0.1, -0.05) is 35.9 Å². The van der Waals surface area contributed by atoms with Crippen LogP contribution in [0.15, 0.2) is 42.5 Å². The third kappa shape index (κ3) is 4.24. The monoisotopic (exact) mass is 284 g/mol. The Morgan fingerprint density at radius 2 is 2.00 bits per heavy atom. The van der Waals surface area contributed by atoms with E-state index in [9.17, 15) is 4.79 Å². The standard InChI is InChI=1S/C17H20N2O2/c1-12-4-3-5-13(8-12)10-17(20)19-11-14-6-7-16(21-2)15(18)9-14/h3-9H,10-11,18H2,1-2H3,(H,19,20). The Morgan fingerprint density at radius 1 is 1.19 bits per heavy atom. The minimum absolute atomic E-state index is 0.00464. The van der Waals surface area contributed by atoms with Crippen molar-refractivity contribution < 1.29 is 9.53 Å². The van der Waals surface area contributed by atoms with Crippen molar-refractivity contribution in [2.45, 2.75) is 19.9 Å². The first-order valence-corrected chi connectivity index (χ1v) is 6.83. The zero-order valence-corrected chi connectivity index (χ0v) is 12.3. The number of carbonyl (C=O) groups is 1. The fourth-order valence-electron chi connectivity index (χ4n) is 2.16. The van der Waals surface area contributed by atoms with Gasteiger partial charge in [0.15, 0.2) is 0 Å². The van der Waals surface area contributed by atoms with Crippen molar-refractivity contribution >= 4 is 11.6 Å². The van der Waals surface area contributed by atoms with Gasteiger partial charge in [-0.05, 0) is 30.2 Å². The van der Waals surface area contributed by atoms with Crippen LogP contribution < -0.4 is 15.8 Å². The first-order chi connectivity index (χ1) is 10.1. The number of benzene rings is 2. The van der Waals surface area contributed by atoms with Crippen LogP contribution in [0.25, 0.3) is 0 Å². The molecular weight excluding hydrogens is 264 g/mol. The number of hydrogen-bond acceptors (Lipinski definition) is 3. The lowest BCUT2D eigenvalue weighted by Gasteiger charge is -2.09. The third-order valence-corrected chi connectivity index (χ3v) is 3.23. The van der Waals surface area contributed by atoms with Gasteiger partial charge in [-0.25, -0.2) is 0 Å². The summed E-state index contributed by atoms with van der Waals surface area (Å²) in [5.74, 6) is 0.639. The van der Waals surface area contributed by atoms with E-state index >= 15 is 0 Å². The van der Waals surface area contributed by atoms with Gasteiger partial charge in [-0.2, -0.15) is 0 Å². The molecule has 2 rings (SSSR count). The zero-order chi connectivity index (χ0) is 15.2. The van der Waals surface area contributed by atoms with Crippen molar-refractivity contribution in [3.05, 3.63) is 59.2 Å². The fraction of sp³-hybridized carbons (Fsp3) is 0.235. The van der Waals surface area contributed by atoms with Crippen LogP contribution in [0.5, 0.6) is 5.75 Å². The van der Waals surface area contributed by atoms with Gasteiger partial charge in [0.1, 0.15) is 5.75 Å². The van der Waals surface area contributed by atoms with Crippen LogP contribution in [-0.4, -0.2) is 13.0 Å². The summed E-state index contributed by atoms with van der Waals surface area (Å²) in [4.78, 5) is 11.9. The largest absolute Gasteiger partial charge is 0.495 e. The number of nitrogens with two attached hydrogens (primary N) is 1. The van der Waals surface area contributed by atoms with E-state index in [1.54, 1.807) is 13.2 Å². The summed E-state index contributed by atoms with van der Waals surface area (Å²) in [5.41, 5.74) is 9.53. The van der Waals surface area contributed by atoms with Crippen molar-refractivity contribution in [2.75, 3.05) is 12.8 Å². The molecule has 0 fully saturated rings. The number of rotatable bonds is 5. The quantitative estimate of drug-likeness (QED) is 0.829. The molecule has 2 aromatic rings. The third-order valence-electron chi connectivity index (χ3n) is 3.23. The van der Waals surface area contributed by atoms with Gasteiger partial charge in [0.25, 0.3) is 0 Å². The van der Waals surface area contributed by atoms with Crippen LogP contribution in [-0.2, 0) is 17.8 Å². The predicted molar refractivity (Wildman–Crippen MR) is 84.1 cm³/mol. The van der Waals surface area contributed by atoms with E-state index in [0.717, 1.165) is 16.7 Å². The highest BCUT2D eigenvalue weighted by molar-refractivity contribution is 5.78. The molecule has 0 heterocycles. The number of aryl methyl sites for hydroxylation is 1. The Kier molecular flexibility index (Phi) is 4.82. The molecule has 0 bridgehead atoms. The minimum Gasteiger partial charge on any atom is -0.495 e. The van der Waals surface area contributed by atoms with E-state index in [-0.39, 0.29) is 5.91 Å². The van der Waals surface area contributed by atoms with Gasteiger partial charge >= 0.3 is 0 Å². The lowest BCUT2D eigenvalue weighted by molar-refractivity contribution is -0.120. The van der Waals surface area contributed by atoms with E-state index in [1.807, 2.05) is 43.3 Å².